The highest BCUT2D eigenvalue weighted by molar-refractivity contribution is 5.85. The minimum atomic E-state index is -0.893. The van der Waals surface area contributed by atoms with Crippen LogP contribution >= 0.6 is 0 Å². The molecule has 0 saturated heterocycles. The molecule has 114 valence electrons. The van der Waals surface area contributed by atoms with Gasteiger partial charge < -0.3 is 15.3 Å². The van der Waals surface area contributed by atoms with Crippen LogP contribution in [-0.4, -0.2) is 48.4 Å². The molecule has 0 aromatic heterocycles. The molecule has 0 bridgehead atoms. The number of nitrogens with one attached hydrogen (secondary N) is 1. The summed E-state index contributed by atoms with van der Waals surface area (Å²) in [5.41, 5.74) is 0. The molecule has 0 aliphatic heterocycles. The average molecular weight is 284 g/mol. The van der Waals surface area contributed by atoms with Crippen molar-refractivity contribution in [2.45, 2.75) is 32.6 Å². The van der Waals surface area contributed by atoms with Gasteiger partial charge in [-0.3, -0.25) is 14.4 Å². The maximum atomic E-state index is 12.4. The number of carboxylic acids is 1. The molecule has 1 fully saturated rings. The summed E-state index contributed by atoms with van der Waals surface area (Å²) in [5.74, 6) is -2.52. The predicted molar refractivity (Wildman–Crippen MR) is 74.0 cm³/mol. The molecule has 6 nitrogen and oxygen atoms in total. The number of amides is 2. The highest BCUT2D eigenvalue weighted by atomic mass is 16.4. The normalized spacial score (nSPS) is 23.8. The van der Waals surface area contributed by atoms with Gasteiger partial charge in [0.2, 0.25) is 11.8 Å². The topological polar surface area (TPSA) is 86.7 Å². The summed E-state index contributed by atoms with van der Waals surface area (Å²) in [6, 6.07) is 0. The molecular weight excluding hydrogens is 260 g/mol. The molecule has 0 aromatic carbocycles. The van der Waals surface area contributed by atoms with Crippen LogP contribution in [0.5, 0.6) is 0 Å². The van der Waals surface area contributed by atoms with E-state index in [1.54, 1.807) is 21.0 Å². The van der Waals surface area contributed by atoms with Crippen LogP contribution in [-0.2, 0) is 14.4 Å². The lowest BCUT2D eigenvalue weighted by Gasteiger charge is -2.31. The van der Waals surface area contributed by atoms with E-state index in [2.05, 4.69) is 5.32 Å². The largest absolute Gasteiger partial charge is 0.481 e. The Balaban J connectivity index is 2.67. The van der Waals surface area contributed by atoms with E-state index in [-0.39, 0.29) is 17.7 Å². The first-order chi connectivity index (χ1) is 9.38. The summed E-state index contributed by atoms with van der Waals surface area (Å²) in [5, 5.41) is 11.8. The Morgan fingerprint density at radius 2 is 1.80 bits per heavy atom. The molecule has 0 spiro atoms. The van der Waals surface area contributed by atoms with Crippen LogP contribution in [0, 0.1) is 17.8 Å². The zero-order chi connectivity index (χ0) is 15.3. The summed E-state index contributed by atoms with van der Waals surface area (Å²) in [7, 11) is 3.19. The molecule has 2 amide bonds. The van der Waals surface area contributed by atoms with Crippen molar-refractivity contribution in [3.05, 3.63) is 0 Å². The molecule has 6 heteroatoms. The third kappa shape index (κ3) is 3.95. The van der Waals surface area contributed by atoms with Crippen LogP contribution in [0.3, 0.4) is 0 Å². The van der Waals surface area contributed by atoms with E-state index in [0.29, 0.717) is 19.4 Å². The molecule has 3 atom stereocenters. The second-order valence-electron chi connectivity index (χ2n) is 5.57. The number of carbonyl (C=O) groups is 3. The maximum Gasteiger partial charge on any atom is 0.307 e. The zero-order valence-corrected chi connectivity index (χ0v) is 12.4. The van der Waals surface area contributed by atoms with Gasteiger partial charge in [-0.05, 0) is 12.8 Å². The van der Waals surface area contributed by atoms with E-state index in [1.165, 1.54) is 4.90 Å². The lowest BCUT2D eigenvalue weighted by Crippen LogP contribution is -2.44. The molecule has 20 heavy (non-hydrogen) atoms. The Bertz CT molecular complexity index is 383. The van der Waals surface area contributed by atoms with Crippen LogP contribution in [0.1, 0.15) is 32.6 Å². The standard InChI is InChI=1S/C14H24N2O4/c1-9(12(17)15-2)8-16(3)13(18)10-6-4-5-7-11(10)14(19)20/h9-11H,4-8H2,1-3H3,(H,15,17)(H,19,20). The van der Waals surface area contributed by atoms with Gasteiger partial charge >= 0.3 is 5.97 Å². The van der Waals surface area contributed by atoms with Gasteiger partial charge in [-0.25, -0.2) is 0 Å². The highest BCUT2D eigenvalue weighted by Gasteiger charge is 2.37. The molecule has 0 heterocycles. The fourth-order valence-corrected chi connectivity index (χ4v) is 2.84. The van der Waals surface area contributed by atoms with E-state index in [0.717, 1.165) is 12.8 Å². The van der Waals surface area contributed by atoms with E-state index >= 15 is 0 Å². The Hall–Kier alpha value is -1.59. The minimum absolute atomic E-state index is 0.122. The van der Waals surface area contributed by atoms with Crippen molar-refractivity contribution in [2.24, 2.45) is 17.8 Å². The van der Waals surface area contributed by atoms with Crippen molar-refractivity contribution in [1.82, 2.24) is 10.2 Å². The monoisotopic (exact) mass is 284 g/mol. The fraction of sp³-hybridized carbons (Fsp3) is 0.786. The number of aliphatic carboxylic acids is 1. The predicted octanol–water partition coefficient (Wildman–Crippen LogP) is 0.718. The van der Waals surface area contributed by atoms with Gasteiger partial charge in [0, 0.05) is 20.6 Å². The van der Waals surface area contributed by atoms with E-state index in [1.807, 2.05) is 0 Å². The van der Waals surface area contributed by atoms with Gasteiger partial charge in [0.05, 0.1) is 17.8 Å². The Kier molecular flexibility index (Phi) is 5.98. The first-order valence-electron chi connectivity index (χ1n) is 7.07. The molecule has 1 aliphatic carbocycles. The molecule has 3 unspecified atom stereocenters. The lowest BCUT2D eigenvalue weighted by molar-refractivity contribution is -0.152. The van der Waals surface area contributed by atoms with Crippen molar-refractivity contribution in [1.29, 1.82) is 0 Å². The van der Waals surface area contributed by atoms with Gasteiger partial charge in [-0.15, -0.1) is 0 Å². The van der Waals surface area contributed by atoms with E-state index in [9.17, 15) is 19.5 Å². The van der Waals surface area contributed by atoms with Crippen molar-refractivity contribution in [3.63, 3.8) is 0 Å². The summed E-state index contributed by atoms with van der Waals surface area (Å²) < 4.78 is 0. The summed E-state index contributed by atoms with van der Waals surface area (Å²) in [4.78, 5) is 36.6. The number of carbonyl (C=O) groups excluding carboxylic acids is 2. The Morgan fingerprint density at radius 1 is 1.25 bits per heavy atom. The van der Waals surface area contributed by atoms with Crippen LogP contribution in [0.25, 0.3) is 0 Å². The van der Waals surface area contributed by atoms with Crippen molar-refractivity contribution >= 4 is 17.8 Å². The van der Waals surface area contributed by atoms with Crippen molar-refractivity contribution < 1.29 is 19.5 Å². The van der Waals surface area contributed by atoms with E-state index in [4.69, 9.17) is 0 Å². The molecule has 0 aromatic rings. The van der Waals surface area contributed by atoms with Gasteiger partial charge in [0.25, 0.3) is 0 Å². The van der Waals surface area contributed by atoms with Crippen LogP contribution in [0.2, 0.25) is 0 Å². The number of nitrogens with zero attached hydrogens (tertiary/aromatic N) is 1. The summed E-state index contributed by atoms with van der Waals surface area (Å²) in [6.07, 6.45) is 2.93. The number of carboxylic acid groups (broad SMARTS) is 1. The van der Waals surface area contributed by atoms with Crippen molar-refractivity contribution in [2.75, 3.05) is 20.6 Å². The van der Waals surface area contributed by atoms with Gasteiger partial charge in [0.15, 0.2) is 0 Å². The average Bonchev–Trinajstić information content (AvgIpc) is 2.45. The van der Waals surface area contributed by atoms with Crippen LogP contribution in [0.4, 0.5) is 0 Å². The number of hydrogen-bond donors (Lipinski definition) is 2. The number of rotatable bonds is 5. The first kappa shape index (κ1) is 16.5. The SMILES string of the molecule is CNC(=O)C(C)CN(C)C(=O)C1CCCCC1C(=O)O. The molecule has 0 radical (unpaired) electrons. The smallest absolute Gasteiger partial charge is 0.307 e. The molecule has 1 rings (SSSR count). The molecule has 1 saturated carbocycles. The Morgan fingerprint density at radius 3 is 2.30 bits per heavy atom. The fourth-order valence-electron chi connectivity index (χ4n) is 2.84. The number of hydrogen-bond acceptors (Lipinski definition) is 3. The lowest BCUT2D eigenvalue weighted by atomic mass is 9.78. The minimum Gasteiger partial charge on any atom is -0.481 e. The van der Waals surface area contributed by atoms with E-state index < -0.39 is 17.8 Å². The first-order valence-corrected chi connectivity index (χ1v) is 7.07. The van der Waals surface area contributed by atoms with Crippen molar-refractivity contribution in [3.8, 4) is 0 Å². The second kappa shape index (κ2) is 7.26. The van der Waals surface area contributed by atoms with Crippen LogP contribution < -0.4 is 5.32 Å². The molecular formula is C14H24N2O4. The zero-order valence-electron chi connectivity index (χ0n) is 12.4. The third-order valence-corrected chi connectivity index (χ3v) is 4.02. The Labute approximate surface area is 119 Å². The molecule has 1 aliphatic rings. The van der Waals surface area contributed by atoms with Crippen LogP contribution in [0.15, 0.2) is 0 Å². The van der Waals surface area contributed by atoms with Gasteiger partial charge in [-0.1, -0.05) is 19.8 Å². The third-order valence-electron chi connectivity index (χ3n) is 4.02. The highest BCUT2D eigenvalue weighted by Crippen LogP contribution is 2.31. The molecule has 2 N–H and O–H groups in total. The second-order valence-corrected chi connectivity index (χ2v) is 5.57. The van der Waals surface area contributed by atoms with Gasteiger partial charge in [0.1, 0.15) is 0 Å². The summed E-state index contributed by atoms with van der Waals surface area (Å²) >= 11 is 0. The maximum absolute atomic E-state index is 12.4. The quantitative estimate of drug-likeness (QED) is 0.778. The summed E-state index contributed by atoms with van der Waals surface area (Å²) in [6.45, 7) is 2.06. The van der Waals surface area contributed by atoms with Gasteiger partial charge in [-0.2, -0.15) is 0 Å².